The Morgan fingerprint density at radius 2 is 1.65 bits per heavy atom. The second-order valence-electron chi connectivity index (χ2n) is 13.4. The summed E-state index contributed by atoms with van der Waals surface area (Å²) in [6.45, 7) is 6.17. The molecule has 4 fully saturated rings. The molecule has 3 N–H and O–H groups in total. The summed E-state index contributed by atoms with van der Waals surface area (Å²) in [4.78, 5) is 12.2. The van der Waals surface area contributed by atoms with Gasteiger partial charge in [-0.15, -0.1) is 0 Å². The lowest BCUT2D eigenvalue weighted by Crippen LogP contribution is -2.58. The minimum absolute atomic E-state index is 0.00628. The van der Waals surface area contributed by atoms with E-state index in [1.807, 2.05) is 6.92 Å². The van der Waals surface area contributed by atoms with E-state index in [4.69, 9.17) is 4.55 Å². The lowest BCUT2D eigenvalue weighted by atomic mass is 9.43. The zero-order valence-electron chi connectivity index (χ0n) is 23.0. The molecule has 4 aliphatic rings. The fraction of sp³-hybridized carbons (Fsp3) is 0.963. The van der Waals surface area contributed by atoms with Crippen LogP contribution < -0.4 is 0 Å². The average molecular weight is 605 g/mol. The van der Waals surface area contributed by atoms with Gasteiger partial charge in [-0.25, -0.2) is 0 Å². The fourth-order valence-electron chi connectivity index (χ4n) is 9.36. The Morgan fingerprint density at radius 3 is 2.25 bits per heavy atom. The molecule has 40 heavy (non-hydrogen) atoms. The van der Waals surface area contributed by atoms with E-state index < -0.39 is 51.6 Å². The molecule has 13 heteroatoms. The van der Waals surface area contributed by atoms with Crippen LogP contribution in [0.2, 0.25) is 0 Å². The van der Waals surface area contributed by atoms with Gasteiger partial charge in [0.25, 0.3) is 6.10 Å². The third-order valence-electron chi connectivity index (χ3n) is 11.5. The summed E-state index contributed by atoms with van der Waals surface area (Å²) in [6, 6.07) is 0. The van der Waals surface area contributed by atoms with Crippen molar-refractivity contribution in [2.24, 2.45) is 46.3 Å². The zero-order valence-corrected chi connectivity index (χ0v) is 23.9. The first-order valence-electron chi connectivity index (χ1n) is 14.2. The molecule has 4 rings (SSSR count). The van der Waals surface area contributed by atoms with Crippen LogP contribution in [0.5, 0.6) is 0 Å². The maximum Gasteiger partial charge on any atom is 0.432 e. The van der Waals surface area contributed by atoms with Gasteiger partial charge in [0.1, 0.15) is 0 Å². The predicted molar refractivity (Wildman–Crippen MR) is 133 cm³/mol. The Kier molecular flexibility index (Phi) is 8.44. The van der Waals surface area contributed by atoms with Gasteiger partial charge in [0, 0.05) is 6.42 Å². The standard InChI is InChI=1S/C27H41F5O7S/c1-14(4-9-22(35)39-23(26(28,29)30)27(31,32)40(36,37)38)18-7-8-19-17-6-5-15-12-16(33)10-11-24(15,2)20(17)13-21(34)25(18,19)3/h14-21,23,33-34H,4-13H2,1-3H3,(H,36,37,38)/t14-,15?,16-,17+,18-,19+,20+,21+,23?,24+,25-/m1/s1. The molecule has 0 aromatic carbocycles. The molecular weight excluding hydrogens is 563 g/mol. The molecule has 0 heterocycles. The number of aliphatic hydroxyl groups is 2. The molecule has 0 radical (unpaired) electrons. The first-order chi connectivity index (χ1) is 18.2. The monoisotopic (exact) mass is 604 g/mol. The zero-order chi connectivity index (χ0) is 30.1. The van der Waals surface area contributed by atoms with Crippen molar-refractivity contribution in [3.63, 3.8) is 0 Å². The molecule has 2 unspecified atom stereocenters. The van der Waals surface area contributed by atoms with Gasteiger partial charge >= 0.3 is 27.5 Å². The summed E-state index contributed by atoms with van der Waals surface area (Å²) >= 11 is 0. The van der Waals surface area contributed by atoms with Crippen molar-refractivity contribution in [1.29, 1.82) is 0 Å². The number of halogens is 5. The molecule has 4 saturated carbocycles. The van der Waals surface area contributed by atoms with Crippen LogP contribution in [0, 0.1) is 46.3 Å². The van der Waals surface area contributed by atoms with Crippen LogP contribution in [0.4, 0.5) is 22.0 Å². The fourth-order valence-corrected chi connectivity index (χ4v) is 9.81. The first kappa shape index (κ1) is 31.9. The lowest BCUT2D eigenvalue weighted by molar-refractivity contribution is -0.259. The van der Waals surface area contributed by atoms with Gasteiger partial charge in [0.05, 0.1) is 12.2 Å². The minimum Gasteiger partial charge on any atom is -0.445 e. The quantitative estimate of drug-likeness (QED) is 0.204. The maximum atomic E-state index is 13.8. The highest BCUT2D eigenvalue weighted by Crippen LogP contribution is 2.68. The molecule has 4 aliphatic carbocycles. The second-order valence-corrected chi connectivity index (χ2v) is 14.8. The molecule has 0 aromatic heterocycles. The maximum absolute atomic E-state index is 13.8. The van der Waals surface area contributed by atoms with E-state index in [0.29, 0.717) is 24.2 Å². The number of rotatable bonds is 7. The Morgan fingerprint density at radius 1 is 1.00 bits per heavy atom. The summed E-state index contributed by atoms with van der Waals surface area (Å²) in [5, 5.41) is 16.1. The van der Waals surface area contributed by atoms with E-state index in [1.165, 1.54) is 0 Å². The van der Waals surface area contributed by atoms with Crippen LogP contribution >= 0.6 is 0 Å². The summed E-state index contributed by atoms with van der Waals surface area (Å²) in [6.07, 6.45) is -5.04. The predicted octanol–water partition coefficient (Wildman–Crippen LogP) is 5.35. The van der Waals surface area contributed by atoms with Crippen molar-refractivity contribution >= 4 is 16.1 Å². The van der Waals surface area contributed by atoms with Crippen LogP contribution in [0.25, 0.3) is 0 Å². The normalized spacial score (nSPS) is 41.8. The van der Waals surface area contributed by atoms with E-state index in [-0.39, 0.29) is 35.7 Å². The number of carbonyl (C=O) groups excluding carboxylic acids is 1. The van der Waals surface area contributed by atoms with Gasteiger partial charge in [-0.1, -0.05) is 20.8 Å². The largest absolute Gasteiger partial charge is 0.445 e. The number of carbonyl (C=O) groups is 1. The number of hydrogen-bond donors (Lipinski definition) is 3. The number of aliphatic hydroxyl groups excluding tert-OH is 2. The molecule has 11 atom stereocenters. The van der Waals surface area contributed by atoms with Crippen LogP contribution in [0.1, 0.15) is 85.0 Å². The van der Waals surface area contributed by atoms with Crippen molar-refractivity contribution in [2.75, 3.05) is 0 Å². The van der Waals surface area contributed by atoms with Crippen LogP contribution in [-0.2, 0) is 19.6 Å². The summed E-state index contributed by atoms with van der Waals surface area (Å²) in [7, 11) is -6.50. The highest BCUT2D eigenvalue weighted by Gasteiger charge is 2.66. The van der Waals surface area contributed by atoms with Gasteiger partial charge in [-0.3, -0.25) is 9.35 Å². The highest BCUT2D eigenvalue weighted by molar-refractivity contribution is 7.86. The second kappa shape index (κ2) is 10.6. The Balaban J connectivity index is 1.43. The molecule has 0 bridgehead atoms. The molecule has 0 amide bonds. The topological polar surface area (TPSA) is 121 Å². The molecule has 7 nitrogen and oxygen atoms in total. The third kappa shape index (κ3) is 5.30. The molecular formula is C27H41F5O7S. The van der Waals surface area contributed by atoms with E-state index >= 15 is 0 Å². The first-order valence-corrected chi connectivity index (χ1v) is 15.7. The van der Waals surface area contributed by atoms with Crippen molar-refractivity contribution < 1.29 is 54.7 Å². The minimum atomic E-state index is -6.50. The number of fused-ring (bicyclic) bond motifs is 5. The van der Waals surface area contributed by atoms with Gasteiger partial charge < -0.3 is 14.9 Å². The van der Waals surface area contributed by atoms with Gasteiger partial charge in [-0.2, -0.15) is 30.4 Å². The van der Waals surface area contributed by atoms with Crippen LogP contribution in [0.15, 0.2) is 0 Å². The lowest BCUT2D eigenvalue weighted by Gasteiger charge is -2.62. The smallest absolute Gasteiger partial charge is 0.432 e. The SMILES string of the molecule is C[C@H](CCC(=O)OC(C(F)(F)F)C(F)(F)S(=O)(=O)O)[C@H]1CC[C@H]2[C@@H]3CCC4C[C@H](O)CC[C@]4(C)[C@H]3C[C@H](O)[C@]12C. The molecule has 0 aliphatic heterocycles. The average Bonchev–Trinajstić information content (AvgIpc) is 3.19. The summed E-state index contributed by atoms with van der Waals surface area (Å²) in [5.41, 5.74) is -0.425. The number of hydrogen-bond acceptors (Lipinski definition) is 6. The van der Waals surface area contributed by atoms with E-state index in [0.717, 1.165) is 44.9 Å². The number of ether oxygens (including phenoxy) is 1. The van der Waals surface area contributed by atoms with Crippen LogP contribution in [0.3, 0.4) is 0 Å². The highest BCUT2D eigenvalue weighted by atomic mass is 32.2. The van der Waals surface area contributed by atoms with Gasteiger partial charge in [-0.05, 0) is 104 Å². The molecule has 0 aromatic rings. The van der Waals surface area contributed by atoms with E-state index in [2.05, 4.69) is 18.6 Å². The molecule has 232 valence electrons. The third-order valence-corrected chi connectivity index (χ3v) is 12.4. The molecule has 0 spiro atoms. The number of esters is 1. The van der Waals surface area contributed by atoms with Gasteiger partial charge in [0.15, 0.2) is 0 Å². The Hall–Kier alpha value is -1.05. The van der Waals surface area contributed by atoms with Crippen molar-refractivity contribution in [1.82, 2.24) is 0 Å². The van der Waals surface area contributed by atoms with E-state index in [1.54, 1.807) is 0 Å². The van der Waals surface area contributed by atoms with Gasteiger partial charge in [0.2, 0.25) is 0 Å². The van der Waals surface area contributed by atoms with Crippen LogP contribution in [-0.4, -0.2) is 58.9 Å². The molecule has 0 saturated heterocycles. The van der Waals surface area contributed by atoms with Crippen molar-refractivity contribution in [2.45, 2.75) is 115 Å². The summed E-state index contributed by atoms with van der Waals surface area (Å²) < 4.78 is 101. The summed E-state index contributed by atoms with van der Waals surface area (Å²) in [5.74, 6) is -0.568. The Labute approximate surface area is 232 Å². The van der Waals surface area contributed by atoms with Crippen molar-refractivity contribution in [3.05, 3.63) is 0 Å². The van der Waals surface area contributed by atoms with E-state index in [9.17, 15) is 45.4 Å². The number of alkyl halides is 5. The van der Waals surface area contributed by atoms with Crippen molar-refractivity contribution in [3.8, 4) is 0 Å². The Bertz CT molecular complexity index is 1070.